The highest BCUT2D eigenvalue weighted by molar-refractivity contribution is 7.89. The van der Waals surface area contributed by atoms with Crippen molar-refractivity contribution in [2.75, 3.05) is 19.8 Å². The second kappa shape index (κ2) is 5.33. The fraction of sp³-hybridized carbons (Fsp3) is 0.400. The maximum Gasteiger partial charge on any atom is 0.302 e. The van der Waals surface area contributed by atoms with Crippen molar-refractivity contribution in [3.8, 4) is 0 Å². The summed E-state index contributed by atoms with van der Waals surface area (Å²) in [7, 11) is -5.17. The first-order valence-electron chi connectivity index (χ1n) is 5.07. The number of hydrogen-bond donors (Lipinski definition) is 0. The van der Waals surface area contributed by atoms with Gasteiger partial charge in [-0.1, -0.05) is 12.1 Å². The fourth-order valence-corrected chi connectivity index (χ4v) is 2.66. The number of benzene rings is 1. The monoisotopic (exact) mass is 295 g/mol. The Balaban J connectivity index is 2.88. The molecule has 5 nitrogen and oxygen atoms in total. The molecule has 1 aromatic rings. The van der Waals surface area contributed by atoms with E-state index >= 15 is 0 Å². The van der Waals surface area contributed by atoms with Gasteiger partial charge in [0.2, 0.25) is 10.0 Å². The van der Waals surface area contributed by atoms with Gasteiger partial charge in [0.1, 0.15) is 0 Å². The molecule has 1 rings (SSSR count). The van der Waals surface area contributed by atoms with E-state index in [0.717, 1.165) is 4.31 Å². The SMILES string of the molecule is CN(C)S(=O)(=O)c1ccc(CCS(=O)(=O)F)cc1. The smallest absolute Gasteiger partial charge is 0.207 e. The second-order valence-electron chi connectivity index (χ2n) is 3.92. The van der Waals surface area contributed by atoms with Gasteiger partial charge >= 0.3 is 10.2 Å². The molecule has 0 saturated heterocycles. The number of halogens is 1. The van der Waals surface area contributed by atoms with Crippen LogP contribution in [0.25, 0.3) is 0 Å². The molecule has 102 valence electrons. The topological polar surface area (TPSA) is 71.5 Å². The Kier molecular flexibility index (Phi) is 4.46. The molecule has 0 bridgehead atoms. The minimum atomic E-state index is -4.50. The molecular weight excluding hydrogens is 281 g/mol. The normalized spacial score (nSPS) is 12.9. The lowest BCUT2D eigenvalue weighted by atomic mass is 10.2. The van der Waals surface area contributed by atoms with E-state index in [-0.39, 0.29) is 11.3 Å². The predicted molar refractivity (Wildman–Crippen MR) is 65.9 cm³/mol. The lowest BCUT2D eigenvalue weighted by molar-refractivity contribution is 0.520. The molecule has 0 unspecified atom stereocenters. The standard InChI is InChI=1S/C10H14FNO4S2/c1-12(2)18(15,16)10-5-3-9(4-6-10)7-8-17(11,13)14/h3-6H,7-8H2,1-2H3. The molecule has 1 aromatic carbocycles. The first-order valence-corrected chi connectivity index (χ1v) is 8.06. The molecule has 0 saturated carbocycles. The van der Waals surface area contributed by atoms with Crippen molar-refractivity contribution in [1.82, 2.24) is 4.31 Å². The summed E-state index contributed by atoms with van der Waals surface area (Å²) in [5, 5.41) is 0. The molecule has 0 aliphatic heterocycles. The van der Waals surface area contributed by atoms with Crippen LogP contribution in [0.1, 0.15) is 5.56 Å². The molecule has 0 N–H and O–H groups in total. The summed E-state index contributed by atoms with van der Waals surface area (Å²) in [4.78, 5) is 0.111. The maximum absolute atomic E-state index is 12.3. The fourth-order valence-electron chi connectivity index (χ4n) is 1.28. The highest BCUT2D eigenvalue weighted by Crippen LogP contribution is 2.14. The van der Waals surface area contributed by atoms with Gasteiger partial charge in [-0.15, -0.1) is 3.89 Å². The van der Waals surface area contributed by atoms with Gasteiger partial charge in [-0.05, 0) is 24.1 Å². The molecule has 8 heteroatoms. The molecule has 0 fully saturated rings. The van der Waals surface area contributed by atoms with Gasteiger partial charge in [-0.25, -0.2) is 12.7 Å². The van der Waals surface area contributed by atoms with E-state index in [1.807, 2.05) is 0 Å². The van der Waals surface area contributed by atoms with Crippen LogP contribution < -0.4 is 0 Å². The number of hydrogen-bond acceptors (Lipinski definition) is 4. The van der Waals surface area contributed by atoms with Crippen molar-refractivity contribution < 1.29 is 20.7 Å². The van der Waals surface area contributed by atoms with Crippen molar-refractivity contribution in [2.45, 2.75) is 11.3 Å². The largest absolute Gasteiger partial charge is 0.302 e. The highest BCUT2D eigenvalue weighted by Gasteiger charge is 2.16. The van der Waals surface area contributed by atoms with E-state index in [4.69, 9.17) is 0 Å². The van der Waals surface area contributed by atoms with Crippen molar-refractivity contribution in [2.24, 2.45) is 0 Å². The summed E-state index contributed by atoms with van der Waals surface area (Å²) in [6, 6.07) is 5.69. The average molecular weight is 295 g/mol. The third-order valence-corrected chi connectivity index (χ3v) is 4.86. The predicted octanol–water partition coefficient (Wildman–Crippen LogP) is 0.779. The van der Waals surface area contributed by atoms with E-state index in [0.29, 0.717) is 5.56 Å². The Morgan fingerprint density at radius 3 is 1.94 bits per heavy atom. The molecule has 0 aliphatic rings. The zero-order chi connectivity index (χ0) is 14.0. The van der Waals surface area contributed by atoms with Crippen molar-refractivity contribution in [1.29, 1.82) is 0 Å². The van der Waals surface area contributed by atoms with Crippen LogP contribution in [0, 0.1) is 0 Å². The van der Waals surface area contributed by atoms with Gasteiger partial charge in [0.05, 0.1) is 10.6 Å². The van der Waals surface area contributed by atoms with Crippen molar-refractivity contribution in [3.63, 3.8) is 0 Å². The molecule has 0 radical (unpaired) electrons. The highest BCUT2D eigenvalue weighted by atomic mass is 32.3. The molecule has 0 aromatic heterocycles. The molecule has 0 amide bonds. The number of sulfonamides is 1. The van der Waals surface area contributed by atoms with Crippen LogP contribution in [0.3, 0.4) is 0 Å². The van der Waals surface area contributed by atoms with Crippen molar-refractivity contribution in [3.05, 3.63) is 29.8 Å². The summed E-state index contributed by atoms with van der Waals surface area (Å²) in [6.45, 7) is 0. The summed E-state index contributed by atoms with van der Waals surface area (Å²) in [6.07, 6.45) is 0.0150. The molecule has 0 aliphatic carbocycles. The minimum Gasteiger partial charge on any atom is -0.207 e. The summed E-state index contributed by atoms with van der Waals surface area (Å²) in [5.41, 5.74) is 0.564. The van der Waals surface area contributed by atoms with Gasteiger partial charge in [-0.2, -0.15) is 8.42 Å². The van der Waals surface area contributed by atoms with E-state index < -0.39 is 26.0 Å². The average Bonchev–Trinajstić information content (AvgIpc) is 2.26. The van der Waals surface area contributed by atoms with Gasteiger partial charge in [0.15, 0.2) is 0 Å². The van der Waals surface area contributed by atoms with E-state index in [1.54, 1.807) is 0 Å². The van der Waals surface area contributed by atoms with E-state index in [1.165, 1.54) is 38.4 Å². The Bertz CT molecular complexity index is 606. The second-order valence-corrected chi connectivity index (χ2v) is 7.56. The van der Waals surface area contributed by atoms with Gasteiger partial charge < -0.3 is 0 Å². The Hall–Kier alpha value is -0.990. The first-order chi connectivity index (χ1) is 8.13. The molecule has 0 spiro atoms. The summed E-state index contributed by atoms with van der Waals surface area (Å²) in [5.74, 6) is -0.604. The van der Waals surface area contributed by atoms with E-state index in [2.05, 4.69) is 0 Å². The zero-order valence-electron chi connectivity index (χ0n) is 10.00. The lowest BCUT2D eigenvalue weighted by Gasteiger charge is -2.11. The van der Waals surface area contributed by atoms with Gasteiger partial charge in [0, 0.05) is 14.1 Å². The number of aryl methyl sites for hydroxylation is 1. The van der Waals surface area contributed by atoms with Crippen molar-refractivity contribution >= 4 is 20.2 Å². The maximum atomic E-state index is 12.3. The van der Waals surface area contributed by atoms with Crippen LogP contribution in [0.5, 0.6) is 0 Å². The van der Waals surface area contributed by atoms with E-state index in [9.17, 15) is 20.7 Å². The lowest BCUT2D eigenvalue weighted by Crippen LogP contribution is -2.22. The molecular formula is C10H14FNO4S2. The minimum absolute atomic E-state index is 0.0150. The van der Waals surface area contributed by atoms with Gasteiger partial charge in [0.25, 0.3) is 0 Å². The van der Waals surface area contributed by atoms with Crippen LogP contribution in [0.2, 0.25) is 0 Å². The summed E-state index contributed by atoms with van der Waals surface area (Å²) >= 11 is 0. The number of nitrogens with zero attached hydrogens (tertiary/aromatic N) is 1. The van der Waals surface area contributed by atoms with Crippen LogP contribution in [-0.2, 0) is 26.7 Å². The zero-order valence-corrected chi connectivity index (χ0v) is 11.6. The number of rotatable bonds is 5. The molecule has 18 heavy (non-hydrogen) atoms. The molecule has 0 atom stereocenters. The first kappa shape index (κ1) is 15.1. The Labute approximate surface area is 106 Å². The van der Waals surface area contributed by atoms with Crippen LogP contribution in [-0.4, -0.2) is 41.0 Å². The van der Waals surface area contributed by atoms with Crippen LogP contribution in [0.15, 0.2) is 29.2 Å². The Morgan fingerprint density at radius 2 is 1.56 bits per heavy atom. The Morgan fingerprint density at radius 1 is 1.06 bits per heavy atom. The third kappa shape index (κ3) is 4.04. The van der Waals surface area contributed by atoms with Crippen LogP contribution >= 0.6 is 0 Å². The summed E-state index contributed by atoms with van der Waals surface area (Å²) < 4.78 is 57.6. The van der Waals surface area contributed by atoms with Crippen LogP contribution in [0.4, 0.5) is 3.89 Å². The van der Waals surface area contributed by atoms with Gasteiger partial charge in [-0.3, -0.25) is 0 Å². The molecule has 0 heterocycles. The quantitative estimate of drug-likeness (QED) is 0.753. The third-order valence-electron chi connectivity index (χ3n) is 2.34.